The van der Waals surface area contributed by atoms with E-state index in [-0.39, 0.29) is 44.8 Å². The van der Waals surface area contributed by atoms with Crippen LogP contribution in [0.1, 0.15) is 11.1 Å². The third-order valence-electron chi connectivity index (χ3n) is 10.6. The van der Waals surface area contributed by atoms with Crippen LogP contribution in [0.3, 0.4) is 0 Å². The van der Waals surface area contributed by atoms with Gasteiger partial charge in [-0.15, -0.1) is 35.4 Å². The Hall–Kier alpha value is -5.30. The van der Waals surface area contributed by atoms with Gasteiger partial charge in [-0.1, -0.05) is 158 Å². The SMILES string of the molecule is [Au+].[Au+].[C-]#Cc1ccc2c(ccc3ccccc32)c1.[C-]#Cc1ccc2c(ccc3ccccc32)c1.c1ccc([PH+](C[PH+](c2ccccc2)c2ccccc2)c2ccccc2)cc1. The Kier molecular flexibility index (Phi) is 16.7. The molecule has 0 nitrogen and oxygen atoms in total. The standard InChI is InChI=1S/C25H22P2.2C16H9.2Au/c1-5-13-22(14-6-1)26(23-15-7-2-8-16-23)21-27(24-17-9-3-10-18-24)25-19-11-4-12-20-25;2*1-2-12-7-10-16-14(11-12)9-8-13-5-3-4-6-15(13)16;;/h1-20H,21H2;2*3-11H;;/q;2*-1;2*+1/p+2. The predicted octanol–water partition coefficient (Wildman–Crippen LogP) is 12.5. The molecule has 0 N–H and O–H groups in total. The van der Waals surface area contributed by atoms with Gasteiger partial charge >= 0.3 is 44.8 Å². The van der Waals surface area contributed by atoms with Crippen LogP contribution in [0.15, 0.2) is 231 Å². The summed E-state index contributed by atoms with van der Waals surface area (Å²) in [5, 5.41) is 15.8. The second-order valence-corrected chi connectivity index (χ2v) is 19.9. The molecule has 0 aliphatic rings. The van der Waals surface area contributed by atoms with Crippen molar-refractivity contribution in [3.8, 4) is 11.8 Å². The zero-order valence-corrected chi connectivity index (χ0v) is 39.6. The number of hydrogen-bond acceptors (Lipinski definition) is 0. The molecular weight excluding hydrogens is 1140 g/mol. The van der Waals surface area contributed by atoms with Gasteiger partial charge in [-0.05, 0) is 91.6 Å². The molecule has 0 atom stereocenters. The summed E-state index contributed by atoms with van der Waals surface area (Å²) in [6.07, 6.45) is 14.3. The average molecular weight is 1180 g/mol. The topological polar surface area (TPSA) is 0 Å². The first-order valence-electron chi connectivity index (χ1n) is 19.8. The van der Waals surface area contributed by atoms with E-state index in [1.165, 1.54) is 59.4 Å². The first-order valence-corrected chi connectivity index (χ1v) is 23.2. The monoisotopic (exact) mass is 1180 g/mol. The van der Waals surface area contributed by atoms with Crippen LogP contribution in [0.4, 0.5) is 0 Å². The summed E-state index contributed by atoms with van der Waals surface area (Å²) in [4.78, 5) is 0. The fourth-order valence-corrected chi connectivity index (χ4v) is 15.4. The smallest absolute Gasteiger partial charge is 0.366 e. The van der Waals surface area contributed by atoms with E-state index in [2.05, 4.69) is 206 Å². The van der Waals surface area contributed by atoms with E-state index < -0.39 is 15.8 Å². The number of rotatable bonds is 6. The van der Waals surface area contributed by atoms with Crippen LogP contribution in [0, 0.1) is 24.7 Å². The van der Waals surface area contributed by atoms with Crippen LogP contribution >= 0.6 is 15.8 Å². The molecule has 10 rings (SSSR count). The van der Waals surface area contributed by atoms with Gasteiger partial charge in [0.2, 0.25) is 0 Å². The minimum Gasteiger partial charge on any atom is -0.366 e. The molecule has 0 amide bonds. The molecule has 4 heteroatoms. The van der Waals surface area contributed by atoms with Crippen molar-refractivity contribution >= 4 is 80.2 Å². The van der Waals surface area contributed by atoms with Gasteiger partial charge in [0.05, 0.1) is 0 Å². The van der Waals surface area contributed by atoms with Gasteiger partial charge in [-0.3, -0.25) is 11.8 Å². The molecule has 0 saturated carbocycles. The van der Waals surface area contributed by atoms with Crippen LogP contribution in [0.25, 0.3) is 43.1 Å². The molecule has 0 bridgehead atoms. The molecule has 61 heavy (non-hydrogen) atoms. The Labute approximate surface area is 394 Å². The van der Waals surface area contributed by atoms with Gasteiger partial charge in [-0.25, -0.2) is 0 Å². The van der Waals surface area contributed by atoms with E-state index in [0.717, 1.165) is 21.9 Å². The maximum atomic E-state index is 7.13. The molecule has 0 aromatic heterocycles. The van der Waals surface area contributed by atoms with Crippen LogP contribution < -0.4 is 21.2 Å². The third-order valence-corrected chi connectivity index (χ3v) is 17.6. The zero-order chi connectivity index (χ0) is 40.2. The third kappa shape index (κ3) is 11.2. The van der Waals surface area contributed by atoms with Crippen molar-refractivity contribution in [2.24, 2.45) is 0 Å². The maximum absolute atomic E-state index is 7.13. The Morgan fingerprint density at radius 1 is 0.295 bits per heavy atom. The molecule has 0 aliphatic heterocycles. The Bertz CT molecular complexity index is 2760. The van der Waals surface area contributed by atoms with Crippen molar-refractivity contribution in [1.29, 1.82) is 0 Å². The number of benzene rings is 10. The average Bonchev–Trinajstić information content (AvgIpc) is 3.33. The largest absolute Gasteiger partial charge is 1.00 e. The van der Waals surface area contributed by atoms with Crippen molar-refractivity contribution in [2.75, 3.05) is 5.90 Å². The molecule has 0 saturated heterocycles. The van der Waals surface area contributed by atoms with Crippen molar-refractivity contribution in [2.45, 2.75) is 0 Å². The fourth-order valence-electron chi connectivity index (χ4n) is 7.66. The Morgan fingerprint density at radius 2 is 0.574 bits per heavy atom. The van der Waals surface area contributed by atoms with Gasteiger partial charge in [0, 0.05) is 0 Å². The summed E-state index contributed by atoms with van der Waals surface area (Å²) in [5.74, 6) is 6.08. The summed E-state index contributed by atoms with van der Waals surface area (Å²) >= 11 is 0. The normalized spacial score (nSPS) is 10.4. The van der Waals surface area contributed by atoms with E-state index in [1.54, 1.807) is 0 Å². The molecule has 0 radical (unpaired) electrons. The minimum absolute atomic E-state index is 0. The van der Waals surface area contributed by atoms with Gasteiger partial charge in [0.25, 0.3) is 0 Å². The molecule has 0 heterocycles. The van der Waals surface area contributed by atoms with Gasteiger partial charge in [0.1, 0.15) is 37.1 Å². The summed E-state index contributed by atoms with van der Waals surface area (Å²) < 4.78 is 0. The first kappa shape index (κ1) is 45.2. The van der Waals surface area contributed by atoms with Crippen molar-refractivity contribution < 1.29 is 44.8 Å². The van der Waals surface area contributed by atoms with E-state index >= 15 is 0 Å². The Balaban J connectivity index is 0.000000159. The van der Waals surface area contributed by atoms with Gasteiger partial charge < -0.3 is 12.8 Å². The van der Waals surface area contributed by atoms with Crippen LogP contribution in [-0.2, 0) is 44.8 Å². The van der Waals surface area contributed by atoms with E-state index in [1.807, 2.05) is 36.4 Å². The summed E-state index contributed by atoms with van der Waals surface area (Å²) in [6, 6.07) is 81.6. The van der Waals surface area contributed by atoms with Crippen LogP contribution in [-0.4, -0.2) is 5.90 Å². The molecule has 0 unspecified atom stereocenters. The summed E-state index contributed by atoms with van der Waals surface area (Å²) in [5.41, 5.74) is 1.64. The van der Waals surface area contributed by atoms with E-state index in [0.29, 0.717) is 0 Å². The molecular formula is C57H42Au2P2+2. The Morgan fingerprint density at radius 3 is 0.902 bits per heavy atom. The molecule has 0 fully saturated rings. The van der Waals surface area contributed by atoms with Crippen molar-refractivity contribution in [3.63, 3.8) is 0 Å². The predicted molar refractivity (Wildman–Crippen MR) is 261 cm³/mol. The number of fused-ring (bicyclic) bond motifs is 6. The second-order valence-electron chi connectivity index (χ2n) is 14.3. The molecule has 10 aromatic carbocycles. The molecule has 300 valence electrons. The zero-order valence-electron chi connectivity index (χ0n) is 33.2. The van der Waals surface area contributed by atoms with Gasteiger partial charge in [0.15, 0.2) is 5.90 Å². The van der Waals surface area contributed by atoms with E-state index in [4.69, 9.17) is 12.8 Å². The number of hydrogen-bond donors (Lipinski definition) is 0. The minimum atomic E-state index is -0.847. The molecule has 0 aliphatic carbocycles. The second kappa shape index (κ2) is 22.5. The van der Waals surface area contributed by atoms with E-state index in [9.17, 15) is 0 Å². The van der Waals surface area contributed by atoms with Crippen LogP contribution in [0.2, 0.25) is 0 Å². The van der Waals surface area contributed by atoms with Gasteiger partial charge in [-0.2, -0.15) is 0 Å². The fraction of sp³-hybridized carbons (Fsp3) is 0.0175. The van der Waals surface area contributed by atoms with Crippen molar-refractivity contribution in [1.82, 2.24) is 0 Å². The van der Waals surface area contributed by atoms with Crippen molar-refractivity contribution in [3.05, 3.63) is 254 Å². The summed E-state index contributed by atoms with van der Waals surface area (Å²) in [6.45, 7) is 0. The quantitative estimate of drug-likeness (QED) is 0.0512. The molecule has 0 spiro atoms. The van der Waals surface area contributed by atoms with Crippen LogP contribution in [0.5, 0.6) is 0 Å². The summed E-state index contributed by atoms with van der Waals surface area (Å²) in [7, 11) is -1.69. The maximum Gasteiger partial charge on any atom is 1.00 e. The molecule has 10 aromatic rings. The first-order chi connectivity index (χ1) is 29.2.